The minimum Gasteiger partial charge on any atom is -0.480 e. The van der Waals surface area contributed by atoms with E-state index < -0.39 is 18.0 Å². The number of methoxy groups -OCH3 is 1. The number of hydrogen-bond acceptors (Lipinski definition) is 7. The minimum absolute atomic E-state index is 0. The predicted octanol–water partition coefficient (Wildman–Crippen LogP) is 2.18. The molecule has 0 bridgehead atoms. The van der Waals surface area contributed by atoms with Gasteiger partial charge in [0.05, 0.1) is 0 Å². The van der Waals surface area contributed by atoms with Gasteiger partial charge in [-0.05, 0) is 30.5 Å². The van der Waals surface area contributed by atoms with Crippen molar-refractivity contribution < 1.29 is 29.3 Å². The molecule has 166 valence electrons. The molecule has 0 heterocycles. The van der Waals surface area contributed by atoms with Gasteiger partial charge in [0.15, 0.2) is 0 Å². The summed E-state index contributed by atoms with van der Waals surface area (Å²) in [6.07, 6.45) is 1.99. The molecule has 0 spiro atoms. The molecule has 2 rings (SSSR count). The average molecular weight is 421 g/mol. The van der Waals surface area contributed by atoms with Crippen molar-refractivity contribution in [2.24, 2.45) is 11.5 Å². The summed E-state index contributed by atoms with van der Waals surface area (Å²) < 4.78 is 4.20. The zero-order valence-corrected chi connectivity index (χ0v) is 17.1. The van der Waals surface area contributed by atoms with Gasteiger partial charge in [0.2, 0.25) is 0 Å². The summed E-state index contributed by atoms with van der Waals surface area (Å²) in [6.45, 7) is 0.293. The molecule has 0 saturated carbocycles. The third kappa shape index (κ3) is 14.0. The van der Waals surface area contributed by atoms with Crippen LogP contribution < -0.4 is 17.6 Å². The van der Waals surface area contributed by atoms with E-state index in [1.807, 2.05) is 42.5 Å². The van der Waals surface area contributed by atoms with Crippen molar-refractivity contribution in [1.82, 2.24) is 6.15 Å². The molecule has 0 saturated heterocycles. The Hall–Kier alpha value is -3.11. The van der Waals surface area contributed by atoms with Crippen LogP contribution in [0.2, 0.25) is 0 Å². The van der Waals surface area contributed by atoms with Crippen LogP contribution in [0.4, 0.5) is 0 Å². The van der Waals surface area contributed by atoms with E-state index in [1.165, 1.54) is 12.7 Å². The summed E-state index contributed by atoms with van der Waals surface area (Å²) in [5.74, 6) is -1.89. The summed E-state index contributed by atoms with van der Waals surface area (Å²) in [4.78, 5) is 30.0. The highest BCUT2D eigenvalue weighted by atomic mass is 16.5. The molecule has 0 unspecified atom stereocenters. The van der Waals surface area contributed by atoms with E-state index >= 15 is 0 Å². The smallest absolute Gasteiger partial charge is 0.329 e. The van der Waals surface area contributed by atoms with Crippen molar-refractivity contribution in [2.45, 2.75) is 18.9 Å². The molecule has 2 aromatic rings. The zero-order valence-electron chi connectivity index (χ0n) is 17.1. The van der Waals surface area contributed by atoms with E-state index in [2.05, 4.69) is 16.9 Å². The number of ether oxygens (including phenoxy) is 1. The molecule has 0 aliphatic rings. The Morgan fingerprint density at radius 1 is 1.03 bits per heavy atom. The Labute approximate surface area is 176 Å². The summed E-state index contributed by atoms with van der Waals surface area (Å²) in [7, 11) is 1.34. The van der Waals surface area contributed by atoms with Crippen molar-refractivity contribution in [1.29, 1.82) is 0 Å². The molecule has 9 N–H and O–H groups in total. The molecule has 1 atom stereocenters. The normalized spacial score (nSPS) is 10.1. The first-order valence-electron chi connectivity index (χ1n) is 8.85. The number of carbonyl (C=O) groups is 3. The SMILES string of the molecule is COCC(=O)O.N.NCCC[C@H](N)C(=O)O.O=Cc1ccc(-c2ccccc2)cc1. The van der Waals surface area contributed by atoms with Crippen molar-refractivity contribution in [3.05, 3.63) is 60.2 Å². The number of aldehydes is 1. The van der Waals surface area contributed by atoms with Gasteiger partial charge < -0.3 is 32.6 Å². The van der Waals surface area contributed by atoms with Gasteiger partial charge in [-0.25, -0.2) is 4.79 Å². The third-order valence-electron chi connectivity index (χ3n) is 3.46. The maximum Gasteiger partial charge on any atom is 0.329 e. The van der Waals surface area contributed by atoms with E-state index in [0.29, 0.717) is 24.9 Å². The van der Waals surface area contributed by atoms with Crippen LogP contribution in [0.3, 0.4) is 0 Å². The first-order chi connectivity index (χ1) is 13.8. The maximum absolute atomic E-state index is 10.5. The van der Waals surface area contributed by atoms with E-state index in [9.17, 15) is 14.4 Å². The van der Waals surface area contributed by atoms with Crippen molar-refractivity contribution >= 4 is 18.2 Å². The van der Waals surface area contributed by atoms with Gasteiger partial charge in [0.25, 0.3) is 0 Å². The second-order valence-corrected chi connectivity index (χ2v) is 5.81. The molecule has 0 aromatic heterocycles. The maximum atomic E-state index is 10.5. The van der Waals surface area contributed by atoms with Crippen LogP contribution in [0.5, 0.6) is 0 Å². The average Bonchev–Trinajstić information content (AvgIpc) is 2.73. The van der Waals surface area contributed by atoms with Gasteiger partial charge in [0.1, 0.15) is 18.9 Å². The van der Waals surface area contributed by atoms with Crippen LogP contribution in [-0.2, 0) is 14.3 Å². The predicted molar refractivity (Wildman–Crippen MR) is 116 cm³/mol. The molecule has 0 radical (unpaired) electrons. The number of nitrogens with two attached hydrogens (primary N) is 2. The minimum atomic E-state index is -0.955. The van der Waals surface area contributed by atoms with Crippen molar-refractivity contribution in [2.75, 3.05) is 20.3 Å². The fourth-order valence-electron chi connectivity index (χ4n) is 1.97. The highest BCUT2D eigenvalue weighted by Crippen LogP contribution is 2.18. The number of rotatable bonds is 8. The van der Waals surface area contributed by atoms with Gasteiger partial charge in [-0.2, -0.15) is 0 Å². The lowest BCUT2D eigenvalue weighted by Crippen LogP contribution is -2.30. The second kappa shape index (κ2) is 18.0. The van der Waals surface area contributed by atoms with E-state index in [0.717, 1.165) is 11.8 Å². The van der Waals surface area contributed by atoms with E-state index in [-0.39, 0.29) is 12.8 Å². The molecule has 0 fully saturated rings. The Balaban J connectivity index is 0. The zero-order chi connectivity index (χ0) is 22.1. The van der Waals surface area contributed by atoms with Crippen LogP contribution in [0.15, 0.2) is 54.6 Å². The molecule has 30 heavy (non-hydrogen) atoms. The molecule has 9 nitrogen and oxygen atoms in total. The molecular weight excluding hydrogens is 390 g/mol. The third-order valence-corrected chi connectivity index (χ3v) is 3.46. The lowest BCUT2D eigenvalue weighted by atomic mass is 10.0. The number of carbonyl (C=O) groups excluding carboxylic acids is 1. The standard InChI is InChI=1S/C13H10O.C5H12N2O2.C3H6O3.H3N/c14-10-11-6-8-13(9-7-11)12-4-2-1-3-5-12;6-3-1-2-4(7)5(8)9;1-6-2-3(4)5;/h1-10H;4H,1-3,6-7H2,(H,8,9);2H2,1H3,(H,4,5);1H3/t;4-;;/m.0../s1. The van der Waals surface area contributed by atoms with Gasteiger partial charge in [-0.3, -0.25) is 9.59 Å². The van der Waals surface area contributed by atoms with Gasteiger partial charge in [0, 0.05) is 12.7 Å². The van der Waals surface area contributed by atoms with Crippen LogP contribution in [-0.4, -0.2) is 54.7 Å². The number of hydrogen-bond donors (Lipinski definition) is 5. The first-order valence-corrected chi connectivity index (χ1v) is 8.85. The van der Waals surface area contributed by atoms with Crippen LogP contribution in [0, 0.1) is 0 Å². The first kappa shape index (κ1) is 29.1. The number of aliphatic carboxylic acids is 2. The lowest BCUT2D eigenvalue weighted by Gasteiger charge is -2.02. The van der Waals surface area contributed by atoms with Gasteiger partial charge >= 0.3 is 11.9 Å². The monoisotopic (exact) mass is 421 g/mol. The second-order valence-electron chi connectivity index (χ2n) is 5.81. The summed E-state index contributed by atoms with van der Waals surface area (Å²) in [5, 5.41) is 16.0. The van der Waals surface area contributed by atoms with Crippen LogP contribution in [0.25, 0.3) is 11.1 Å². The molecule has 0 aliphatic carbocycles. The summed E-state index contributed by atoms with van der Waals surface area (Å²) in [6, 6.07) is 16.9. The van der Waals surface area contributed by atoms with Gasteiger partial charge in [-0.1, -0.05) is 54.6 Å². The fourth-order valence-corrected chi connectivity index (χ4v) is 1.97. The van der Waals surface area contributed by atoms with Crippen LogP contribution >= 0.6 is 0 Å². The topological polar surface area (TPSA) is 188 Å². The Morgan fingerprint density at radius 3 is 1.93 bits per heavy atom. The molecule has 2 aromatic carbocycles. The Bertz CT molecular complexity index is 723. The van der Waals surface area contributed by atoms with E-state index in [1.54, 1.807) is 0 Å². The Morgan fingerprint density at radius 2 is 1.57 bits per heavy atom. The largest absolute Gasteiger partial charge is 0.480 e. The van der Waals surface area contributed by atoms with Gasteiger partial charge in [-0.15, -0.1) is 0 Å². The summed E-state index contributed by atoms with van der Waals surface area (Å²) in [5.41, 5.74) is 13.3. The fraction of sp³-hybridized carbons (Fsp3) is 0.286. The van der Waals surface area contributed by atoms with Crippen molar-refractivity contribution in [3.63, 3.8) is 0 Å². The molecule has 0 aliphatic heterocycles. The molecule has 9 heteroatoms. The lowest BCUT2D eigenvalue weighted by molar-refractivity contribution is -0.141. The molecular formula is C21H31N3O6. The highest BCUT2D eigenvalue weighted by molar-refractivity contribution is 5.76. The quantitative estimate of drug-likeness (QED) is 0.398. The summed E-state index contributed by atoms with van der Waals surface area (Å²) >= 11 is 0. The highest BCUT2D eigenvalue weighted by Gasteiger charge is 2.08. The van der Waals surface area contributed by atoms with Crippen LogP contribution in [0.1, 0.15) is 23.2 Å². The number of benzene rings is 2. The Kier molecular flexibility index (Phi) is 17.4. The number of carboxylic acids is 2. The number of carboxylic acid groups (broad SMARTS) is 2. The van der Waals surface area contributed by atoms with Crippen molar-refractivity contribution in [3.8, 4) is 11.1 Å². The van der Waals surface area contributed by atoms with E-state index in [4.69, 9.17) is 21.7 Å². The molecule has 0 amide bonds.